The second-order valence-corrected chi connectivity index (χ2v) is 7.79. The van der Waals surface area contributed by atoms with Crippen LogP contribution in [0.25, 0.3) is 0 Å². The lowest BCUT2D eigenvalue weighted by Gasteiger charge is -2.52. The first-order chi connectivity index (χ1) is 8.41. The molecule has 0 spiro atoms. The maximum atomic E-state index is 6.25. The van der Waals surface area contributed by atoms with Crippen molar-refractivity contribution in [3.8, 4) is 0 Å². The Balaban J connectivity index is 2.15. The van der Waals surface area contributed by atoms with E-state index in [0.29, 0.717) is 11.0 Å². The smallest absolute Gasteiger partial charge is 0.0339 e. The van der Waals surface area contributed by atoms with Gasteiger partial charge in [0.05, 0.1) is 0 Å². The first kappa shape index (κ1) is 14.3. The Hall–Kier alpha value is -0.0800. The topological polar surface area (TPSA) is 29.3 Å². The Morgan fingerprint density at radius 1 is 1.28 bits per heavy atom. The van der Waals surface area contributed by atoms with Crippen molar-refractivity contribution < 1.29 is 0 Å². The van der Waals surface area contributed by atoms with Crippen LogP contribution in [0.4, 0.5) is 0 Å². The molecule has 1 aliphatic heterocycles. The molecular weight excluding hydrogens is 220 g/mol. The summed E-state index contributed by atoms with van der Waals surface area (Å²) in [6.45, 7) is 13.0. The maximum absolute atomic E-state index is 6.25. The molecule has 2 nitrogen and oxygen atoms in total. The van der Waals surface area contributed by atoms with Gasteiger partial charge in [-0.25, -0.2) is 0 Å². The van der Waals surface area contributed by atoms with Crippen molar-refractivity contribution in [1.82, 2.24) is 4.90 Å². The van der Waals surface area contributed by atoms with Crippen molar-refractivity contribution in [2.75, 3.05) is 19.6 Å². The molecule has 2 fully saturated rings. The van der Waals surface area contributed by atoms with Crippen LogP contribution in [0.2, 0.25) is 0 Å². The zero-order chi connectivity index (χ0) is 13.4. The molecule has 0 aromatic rings. The third kappa shape index (κ3) is 2.75. The second-order valence-electron chi connectivity index (χ2n) is 7.79. The highest BCUT2D eigenvalue weighted by Crippen LogP contribution is 2.47. The highest BCUT2D eigenvalue weighted by molar-refractivity contribution is 5.02. The van der Waals surface area contributed by atoms with E-state index in [1.165, 1.54) is 45.2 Å². The van der Waals surface area contributed by atoms with Crippen LogP contribution in [0.15, 0.2) is 0 Å². The van der Waals surface area contributed by atoms with Crippen LogP contribution in [-0.4, -0.2) is 30.1 Å². The fraction of sp³-hybridized carbons (Fsp3) is 1.00. The molecule has 2 heteroatoms. The zero-order valence-electron chi connectivity index (χ0n) is 12.8. The number of hydrogen-bond donors (Lipinski definition) is 1. The Morgan fingerprint density at radius 2 is 2.00 bits per heavy atom. The largest absolute Gasteiger partial charge is 0.329 e. The Morgan fingerprint density at radius 3 is 2.50 bits per heavy atom. The summed E-state index contributed by atoms with van der Waals surface area (Å²) in [5, 5.41) is 0. The summed E-state index contributed by atoms with van der Waals surface area (Å²) < 4.78 is 0. The van der Waals surface area contributed by atoms with Crippen LogP contribution in [-0.2, 0) is 0 Å². The number of nitrogens with zero attached hydrogens (tertiary/aromatic N) is 1. The lowest BCUT2D eigenvalue weighted by Crippen LogP contribution is -2.58. The minimum absolute atomic E-state index is 0.297. The van der Waals surface area contributed by atoms with Crippen molar-refractivity contribution in [2.45, 2.75) is 65.3 Å². The molecule has 0 aromatic carbocycles. The van der Waals surface area contributed by atoms with Gasteiger partial charge in [-0.05, 0) is 49.5 Å². The third-order valence-corrected chi connectivity index (χ3v) is 5.35. The van der Waals surface area contributed by atoms with E-state index < -0.39 is 0 Å². The van der Waals surface area contributed by atoms with Crippen LogP contribution in [0.5, 0.6) is 0 Å². The Labute approximate surface area is 113 Å². The molecule has 3 atom stereocenters. The van der Waals surface area contributed by atoms with Crippen LogP contribution in [0.3, 0.4) is 0 Å². The standard InChI is InChI=1S/C16H32N2/c1-5-14-6-7-18(10-14)16(12-17)9-13(2)8-15(3,4)11-16/h13-14H,5-12,17H2,1-4H3. The van der Waals surface area contributed by atoms with E-state index in [9.17, 15) is 0 Å². The molecule has 0 amide bonds. The van der Waals surface area contributed by atoms with Crippen molar-refractivity contribution in [3.05, 3.63) is 0 Å². The van der Waals surface area contributed by atoms with Crippen molar-refractivity contribution >= 4 is 0 Å². The quantitative estimate of drug-likeness (QED) is 0.835. The molecule has 3 unspecified atom stereocenters. The fourth-order valence-corrected chi connectivity index (χ4v) is 4.82. The average Bonchev–Trinajstić information content (AvgIpc) is 2.75. The monoisotopic (exact) mass is 252 g/mol. The SMILES string of the molecule is CCC1CCN(C2(CN)CC(C)CC(C)(C)C2)C1. The van der Waals surface area contributed by atoms with Gasteiger partial charge < -0.3 is 5.73 Å². The van der Waals surface area contributed by atoms with Gasteiger partial charge in [-0.1, -0.05) is 34.1 Å². The van der Waals surface area contributed by atoms with Crippen LogP contribution in [0.1, 0.15) is 59.8 Å². The normalized spacial score (nSPS) is 41.2. The third-order valence-electron chi connectivity index (χ3n) is 5.35. The molecule has 1 saturated carbocycles. The van der Waals surface area contributed by atoms with Gasteiger partial charge in [0.25, 0.3) is 0 Å². The molecule has 1 aliphatic carbocycles. The van der Waals surface area contributed by atoms with Gasteiger partial charge in [-0.15, -0.1) is 0 Å². The van der Waals surface area contributed by atoms with Gasteiger partial charge in [0.2, 0.25) is 0 Å². The highest BCUT2D eigenvalue weighted by atomic mass is 15.2. The molecule has 2 rings (SSSR count). The number of nitrogens with two attached hydrogens (primary N) is 1. The van der Waals surface area contributed by atoms with Crippen LogP contribution < -0.4 is 5.73 Å². The summed E-state index contributed by atoms with van der Waals surface area (Å²) in [5.41, 5.74) is 7.00. The summed E-state index contributed by atoms with van der Waals surface area (Å²) in [6.07, 6.45) is 6.67. The molecule has 0 aromatic heterocycles. The Kier molecular flexibility index (Phi) is 4.08. The van der Waals surface area contributed by atoms with Crippen LogP contribution in [0, 0.1) is 17.3 Å². The Bertz CT molecular complexity index is 287. The summed E-state index contributed by atoms with van der Waals surface area (Å²) >= 11 is 0. The van der Waals surface area contributed by atoms with E-state index in [-0.39, 0.29) is 0 Å². The summed E-state index contributed by atoms with van der Waals surface area (Å²) in [7, 11) is 0. The molecule has 2 N–H and O–H groups in total. The van der Waals surface area contributed by atoms with Gasteiger partial charge in [0, 0.05) is 18.6 Å². The van der Waals surface area contributed by atoms with E-state index in [4.69, 9.17) is 5.73 Å². The second kappa shape index (κ2) is 5.13. The molecule has 1 saturated heterocycles. The zero-order valence-corrected chi connectivity index (χ0v) is 12.8. The molecule has 1 heterocycles. The van der Waals surface area contributed by atoms with Gasteiger partial charge in [0.15, 0.2) is 0 Å². The molecule has 18 heavy (non-hydrogen) atoms. The van der Waals surface area contributed by atoms with Crippen molar-refractivity contribution in [2.24, 2.45) is 23.0 Å². The summed E-state index contributed by atoms with van der Waals surface area (Å²) in [4.78, 5) is 2.75. The molecule has 0 radical (unpaired) electrons. The number of rotatable bonds is 3. The predicted molar refractivity (Wildman–Crippen MR) is 78.6 cm³/mol. The van der Waals surface area contributed by atoms with E-state index in [2.05, 4.69) is 32.6 Å². The average molecular weight is 252 g/mol. The van der Waals surface area contributed by atoms with E-state index >= 15 is 0 Å². The van der Waals surface area contributed by atoms with Crippen LogP contribution >= 0.6 is 0 Å². The van der Waals surface area contributed by atoms with Crippen molar-refractivity contribution in [1.29, 1.82) is 0 Å². The number of likely N-dealkylation sites (tertiary alicyclic amines) is 1. The van der Waals surface area contributed by atoms with Crippen molar-refractivity contribution in [3.63, 3.8) is 0 Å². The van der Waals surface area contributed by atoms with Gasteiger partial charge in [0.1, 0.15) is 0 Å². The fourth-order valence-electron chi connectivity index (χ4n) is 4.82. The van der Waals surface area contributed by atoms with Gasteiger partial charge >= 0.3 is 0 Å². The lowest BCUT2D eigenvalue weighted by atomic mass is 9.63. The van der Waals surface area contributed by atoms with E-state index in [0.717, 1.165) is 18.4 Å². The molecule has 106 valence electrons. The maximum Gasteiger partial charge on any atom is 0.0339 e. The lowest BCUT2D eigenvalue weighted by molar-refractivity contribution is -0.000254. The highest BCUT2D eigenvalue weighted by Gasteiger charge is 2.47. The van der Waals surface area contributed by atoms with E-state index in [1.54, 1.807) is 0 Å². The van der Waals surface area contributed by atoms with Gasteiger partial charge in [-0.2, -0.15) is 0 Å². The molecular formula is C16H32N2. The number of hydrogen-bond acceptors (Lipinski definition) is 2. The first-order valence-corrected chi connectivity index (χ1v) is 7.86. The minimum Gasteiger partial charge on any atom is -0.329 e. The summed E-state index contributed by atoms with van der Waals surface area (Å²) in [6, 6.07) is 0. The molecule has 0 bridgehead atoms. The minimum atomic E-state index is 0.297. The molecule has 2 aliphatic rings. The summed E-state index contributed by atoms with van der Waals surface area (Å²) in [5.74, 6) is 1.73. The predicted octanol–water partition coefficient (Wildman–Crippen LogP) is 3.26. The van der Waals surface area contributed by atoms with Gasteiger partial charge in [-0.3, -0.25) is 4.90 Å². The first-order valence-electron chi connectivity index (χ1n) is 7.86. The van der Waals surface area contributed by atoms with E-state index in [1.807, 2.05) is 0 Å².